The number of pyridine rings is 1. The SMILES string of the molecule is O=C1N[C@H]2C[C@@H](C2)Oc2ncc(F)cc2[C@H]2CCCN2c2nc3c1cnn3cc2F. The Morgan fingerprint density at radius 1 is 1.23 bits per heavy atom. The van der Waals surface area contributed by atoms with Crippen molar-refractivity contribution in [1.82, 2.24) is 24.9 Å². The maximum Gasteiger partial charge on any atom is 0.256 e. The molecule has 1 saturated heterocycles. The zero-order chi connectivity index (χ0) is 20.4. The Balaban J connectivity index is 1.55. The van der Waals surface area contributed by atoms with Gasteiger partial charge in [-0.15, -0.1) is 0 Å². The highest BCUT2D eigenvalue weighted by Gasteiger charge is 2.37. The molecule has 3 aliphatic heterocycles. The average molecular weight is 412 g/mol. The Labute approximate surface area is 169 Å². The molecule has 0 unspecified atom stereocenters. The molecule has 7 rings (SSSR count). The fourth-order valence-electron chi connectivity index (χ4n) is 4.57. The molecule has 30 heavy (non-hydrogen) atoms. The number of hydrogen-bond acceptors (Lipinski definition) is 6. The van der Waals surface area contributed by atoms with E-state index in [2.05, 4.69) is 20.4 Å². The lowest BCUT2D eigenvalue weighted by Crippen LogP contribution is -2.49. The van der Waals surface area contributed by atoms with Gasteiger partial charge in [-0.05, 0) is 18.9 Å². The molecule has 2 fully saturated rings. The van der Waals surface area contributed by atoms with Gasteiger partial charge in [0.25, 0.3) is 5.91 Å². The highest BCUT2D eigenvalue weighted by molar-refractivity contribution is 6.00. The van der Waals surface area contributed by atoms with Crippen LogP contribution in [0.2, 0.25) is 0 Å². The van der Waals surface area contributed by atoms with Gasteiger partial charge in [0.1, 0.15) is 17.5 Å². The van der Waals surface area contributed by atoms with E-state index in [0.717, 1.165) is 12.6 Å². The Morgan fingerprint density at radius 2 is 2.10 bits per heavy atom. The Bertz CT molecular complexity index is 1180. The molecule has 1 saturated carbocycles. The first-order valence-electron chi connectivity index (χ1n) is 10.0. The summed E-state index contributed by atoms with van der Waals surface area (Å²) >= 11 is 0. The van der Waals surface area contributed by atoms with Crippen LogP contribution >= 0.6 is 0 Å². The van der Waals surface area contributed by atoms with Crippen LogP contribution in [0.1, 0.15) is 47.6 Å². The molecule has 0 spiro atoms. The highest BCUT2D eigenvalue weighted by atomic mass is 19.1. The Kier molecular flexibility index (Phi) is 3.71. The first kappa shape index (κ1) is 17.5. The van der Waals surface area contributed by atoms with Gasteiger partial charge in [0, 0.05) is 31.0 Å². The molecule has 6 heterocycles. The number of nitrogens with one attached hydrogen (secondary N) is 1. The summed E-state index contributed by atoms with van der Waals surface area (Å²) in [6, 6.07) is 1.04. The number of ether oxygens (including phenoxy) is 1. The molecule has 10 heteroatoms. The van der Waals surface area contributed by atoms with Gasteiger partial charge in [-0.1, -0.05) is 0 Å². The summed E-state index contributed by atoms with van der Waals surface area (Å²) in [4.78, 5) is 23.2. The van der Waals surface area contributed by atoms with Crippen LogP contribution < -0.4 is 15.0 Å². The van der Waals surface area contributed by atoms with Crippen LogP contribution in [0.25, 0.3) is 5.65 Å². The Morgan fingerprint density at radius 3 is 2.97 bits per heavy atom. The standard InChI is InChI=1S/C20H18F2N6O2/c21-10-4-13-16-2-1-3-27(16)18-15(22)9-28-17(26-18)14(8-24-28)19(29)25-11-5-12(6-11)30-20(13)23-7-10/h4,7-9,11-12,16H,1-3,5-6H2,(H,25,29)/t11-,12-,16-/m1/s1. The third-order valence-electron chi connectivity index (χ3n) is 6.11. The van der Waals surface area contributed by atoms with E-state index in [9.17, 15) is 13.6 Å². The third kappa shape index (κ3) is 2.62. The van der Waals surface area contributed by atoms with Crippen molar-refractivity contribution in [3.63, 3.8) is 0 Å². The number of rotatable bonds is 0. The summed E-state index contributed by atoms with van der Waals surface area (Å²) in [6.07, 6.45) is 6.35. The molecule has 154 valence electrons. The van der Waals surface area contributed by atoms with Gasteiger partial charge >= 0.3 is 0 Å². The lowest BCUT2D eigenvalue weighted by molar-refractivity contribution is 0.0670. The van der Waals surface area contributed by atoms with Crippen molar-refractivity contribution in [1.29, 1.82) is 0 Å². The summed E-state index contributed by atoms with van der Waals surface area (Å²) in [5.41, 5.74) is 1.17. The number of carbonyl (C=O) groups is 1. The molecule has 4 aliphatic rings. The summed E-state index contributed by atoms with van der Waals surface area (Å²) in [6.45, 7) is 0.544. The van der Waals surface area contributed by atoms with E-state index in [1.807, 2.05) is 0 Å². The van der Waals surface area contributed by atoms with Crippen molar-refractivity contribution in [2.75, 3.05) is 11.4 Å². The maximum atomic E-state index is 15.0. The van der Waals surface area contributed by atoms with E-state index in [1.54, 1.807) is 4.90 Å². The lowest BCUT2D eigenvalue weighted by atomic mass is 9.89. The van der Waals surface area contributed by atoms with Crippen LogP contribution in [-0.2, 0) is 0 Å². The predicted molar refractivity (Wildman–Crippen MR) is 101 cm³/mol. The second-order valence-corrected chi connectivity index (χ2v) is 8.02. The summed E-state index contributed by atoms with van der Waals surface area (Å²) in [7, 11) is 0. The second kappa shape index (κ2) is 6.35. The van der Waals surface area contributed by atoms with Crippen molar-refractivity contribution in [2.45, 2.75) is 43.9 Å². The molecule has 3 aromatic heterocycles. The molecule has 1 amide bonds. The summed E-state index contributed by atoms with van der Waals surface area (Å²) in [5, 5.41) is 7.03. The first-order valence-corrected chi connectivity index (χ1v) is 10.0. The van der Waals surface area contributed by atoms with Crippen LogP contribution in [0.15, 0.2) is 24.7 Å². The predicted octanol–water partition coefficient (Wildman–Crippen LogP) is 2.40. The van der Waals surface area contributed by atoms with Gasteiger partial charge in [-0.3, -0.25) is 4.79 Å². The van der Waals surface area contributed by atoms with Gasteiger partial charge < -0.3 is 15.0 Å². The minimum atomic E-state index is -0.564. The van der Waals surface area contributed by atoms with Gasteiger partial charge in [0.2, 0.25) is 5.88 Å². The summed E-state index contributed by atoms with van der Waals surface area (Å²) in [5.74, 6) is -0.866. The van der Waals surface area contributed by atoms with Gasteiger partial charge in [0.05, 0.1) is 24.6 Å². The van der Waals surface area contributed by atoms with E-state index in [1.165, 1.54) is 23.0 Å². The second-order valence-electron chi connectivity index (χ2n) is 8.02. The zero-order valence-corrected chi connectivity index (χ0v) is 15.9. The van der Waals surface area contributed by atoms with Crippen LogP contribution in [0.3, 0.4) is 0 Å². The number of nitrogens with zero attached hydrogens (tertiary/aromatic N) is 5. The minimum Gasteiger partial charge on any atom is -0.474 e. The Hall–Kier alpha value is -3.30. The molecule has 1 atom stereocenters. The van der Waals surface area contributed by atoms with Crippen LogP contribution in [0, 0.1) is 11.6 Å². The van der Waals surface area contributed by atoms with Crippen molar-refractivity contribution >= 4 is 17.4 Å². The number of amides is 1. The van der Waals surface area contributed by atoms with Crippen molar-refractivity contribution in [3.05, 3.63) is 47.4 Å². The molecular formula is C20H18F2N6O2. The summed E-state index contributed by atoms with van der Waals surface area (Å²) < 4.78 is 36.4. The molecule has 1 N–H and O–H groups in total. The highest BCUT2D eigenvalue weighted by Crippen LogP contribution is 2.41. The maximum absolute atomic E-state index is 15.0. The van der Waals surface area contributed by atoms with Crippen LogP contribution in [-0.4, -0.2) is 44.2 Å². The number of aromatic nitrogens is 4. The van der Waals surface area contributed by atoms with Gasteiger partial charge in [-0.25, -0.2) is 23.3 Å². The molecule has 3 aromatic rings. The first-order chi connectivity index (χ1) is 14.6. The minimum absolute atomic E-state index is 0.0489. The number of halogens is 2. The molecule has 0 radical (unpaired) electrons. The van der Waals surface area contributed by atoms with Crippen molar-refractivity contribution in [3.8, 4) is 5.88 Å². The average Bonchev–Trinajstić information content (AvgIpc) is 3.32. The molecular weight excluding hydrogens is 394 g/mol. The quantitative estimate of drug-likeness (QED) is 0.611. The van der Waals surface area contributed by atoms with Gasteiger partial charge in [0.15, 0.2) is 17.3 Å². The number of carbonyl (C=O) groups excluding carboxylic acids is 1. The van der Waals surface area contributed by atoms with E-state index in [-0.39, 0.29) is 35.6 Å². The largest absolute Gasteiger partial charge is 0.474 e. The van der Waals surface area contributed by atoms with E-state index in [0.29, 0.717) is 42.8 Å². The van der Waals surface area contributed by atoms with E-state index < -0.39 is 11.6 Å². The third-order valence-corrected chi connectivity index (χ3v) is 6.11. The molecule has 8 nitrogen and oxygen atoms in total. The van der Waals surface area contributed by atoms with Crippen LogP contribution in [0.4, 0.5) is 14.6 Å². The number of fused-ring (bicyclic) bond motifs is 1. The van der Waals surface area contributed by atoms with Gasteiger partial charge in [-0.2, -0.15) is 5.10 Å². The van der Waals surface area contributed by atoms with Crippen molar-refractivity contribution < 1.29 is 18.3 Å². The lowest BCUT2D eigenvalue weighted by Gasteiger charge is -2.36. The fourth-order valence-corrected chi connectivity index (χ4v) is 4.57. The topological polar surface area (TPSA) is 84.6 Å². The molecule has 0 aromatic carbocycles. The molecule has 1 aliphatic carbocycles. The normalized spacial score (nSPS) is 25.2. The van der Waals surface area contributed by atoms with E-state index in [4.69, 9.17) is 4.74 Å². The van der Waals surface area contributed by atoms with Crippen molar-refractivity contribution in [2.24, 2.45) is 0 Å². The van der Waals surface area contributed by atoms with E-state index >= 15 is 0 Å². The molecule has 4 bridgehead atoms. The fraction of sp³-hybridized carbons (Fsp3) is 0.400. The smallest absolute Gasteiger partial charge is 0.256 e. The monoisotopic (exact) mass is 412 g/mol. The number of anilines is 1. The zero-order valence-electron chi connectivity index (χ0n) is 15.9. The number of hydrogen-bond donors (Lipinski definition) is 1. The van der Waals surface area contributed by atoms with Crippen LogP contribution in [0.5, 0.6) is 5.88 Å².